The highest BCUT2D eigenvalue weighted by molar-refractivity contribution is 5.97. The fourth-order valence-electron chi connectivity index (χ4n) is 4.05. The van der Waals surface area contributed by atoms with Crippen molar-refractivity contribution >= 4 is 17.6 Å². The van der Waals surface area contributed by atoms with Crippen LogP contribution in [0.15, 0.2) is 24.3 Å². The maximum Gasteiger partial charge on any atom is 0.317 e. The second-order valence-corrected chi connectivity index (χ2v) is 7.13. The Morgan fingerprint density at radius 3 is 2.77 bits per heavy atom. The standard InChI is InChI=1S/C20H29N3O3/c1-3-22(16-8-5-4-6-9-16)20(25)21-15-12-19(24)23(14-15)17-10-7-11-18(13-17)26-2/h7,10-11,13,15-16H,3-6,8-9,12,14H2,1-2H3,(H,21,25). The van der Waals surface area contributed by atoms with E-state index >= 15 is 0 Å². The lowest BCUT2D eigenvalue weighted by Crippen LogP contribution is -2.50. The topological polar surface area (TPSA) is 61.9 Å². The number of methoxy groups -OCH3 is 1. The number of nitrogens with zero attached hydrogens (tertiary/aromatic N) is 2. The van der Waals surface area contributed by atoms with Gasteiger partial charge in [0.1, 0.15) is 5.75 Å². The number of amides is 3. The van der Waals surface area contributed by atoms with Crippen LogP contribution in [0, 0.1) is 0 Å². The molecular formula is C20H29N3O3. The number of hydrogen-bond acceptors (Lipinski definition) is 3. The molecule has 0 spiro atoms. The SMILES string of the molecule is CCN(C(=O)NC1CC(=O)N(c2cccc(OC)c2)C1)C1CCCCC1. The average Bonchev–Trinajstić information content (AvgIpc) is 3.03. The number of urea groups is 1. The van der Waals surface area contributed by atoms with Crippen molar-refractivity contribution in [3.05, 3.63) is 24.3 Å². The molecule has 0 aromatic heterocycles. The number of ether oxygens (including phenoxy) is 1. The molecule has 1 aromatic rings. The Kier molecular flexibility index (Phi) is 6.01. The monoisotopic (exact) mass is 359 g/mol. The molecule has 1 aliphatic carbocycles. The predicted octanol–water partition coefficient (Wildman–Crippen LogP) is 3.16. The summed E-state index contributed by atoms with van der Waals surface area (Å²) in [6.45, 7) is 3.23. The van der Waals surface area contributed by atoms with Gasteiger partial charge in [0.25, 0.3) is 0 Å². The molecule has 26 heavy (non-hydrogen) atoms. The van der Waals surface area contributed by atoms with Gasteiger partial charge in [-0.3, -0.25) is 4.79 Å². The second-order valence-electron chi connectivity index (χ2n) is 7.13. The van der Waals surface area contributed by atoms with Crippen LogP contribution in [0.25, 0.3) is 0 Å². The molecule has 3 amide bonds. The van der Waals surface area contributed by atoms with Gasteiger partial charge in [0, 0.05) is 37.3 Å². The average molecular weight is 359 g/mol. The van der Waals surface area contributed by atoms with Crippen molar-refractivity contribution in [2.75, 3.05) is 25.1 Å². The highest BCUT2D eigenvalue weighted by Crippen LogP contribution is 2.26. The van der Waals surface area contributed by atoms with Crippen LogP contribution in [0.4, 0.5) is 10.5 Å². The van der Waals surface area contributed by atoms with Gasteiger partial charge in [0.2, 0.25) is 5.91 Å². The number of anilines is 1. The highest BCUT2D eigenvalue weighted by Gasteiger charge is 2.33. The summed E-state index contributed by atoms with van der Waals surface area (Å²) in [7, 11) is 1.61. The van der Waals surface area contributed by atoms with Crippen LogP contribution >= 0.6 is 0 Å². The molecule has 1 heterocycles. The van der Waals surface area contributed by atoms with Gasteiger partial charge < -0.3 is 19.9 Å². The Morgan fingerprint density at radius 1 is 1.31 bits per heavy atom. The van der Waals surface area contributed by atoms with Gasteiger partial charge in [-0.2, -0.15) is 0 Å². The first-order valence-electron chi connectivity index (χ1n) is 9.64. The van der Waals surface area contributed by atoms with Crippen LogP contribution < -0.4 is 15.0 Å². The van der Waals surface area contributed by atoms with E-state index in [9.17, 15) is 9.59 Å². The van der Waals surface area contributed by atoms with Crippen LogP contribution in [-0.2, 0) is 4.79 Å². The van der Waals surface area contributed by atoms with E-state index in [1.807, 2.05) is 36.1 Å². The summed E-state index contributed by atoms with van der Waals surface area (Å²) < 4.78 is 5.24. The van der Waals surface area contributed by atoms with Gasteiger partial charge in [-0.15, -0.1) is 0 Å². The molecule has 2 fully saturated rings. The molecule has 0 bridgehead atoms. The minimum atomic E-state index is -0.154. The Morgan fingerprint density at radius 2 is 2.08 bits per heavy atom. The van der Waals surface area contributed by atoms with Crippen molar-refractivity contribution < 1.29 is 14.3 Å². The van der Waals surface area contributed by atoms with Crippen LogP contribution in [0.2, 0.25) is 0 Å². The normalized spacial score (nSPS) is 20.9. The summed E-state index contributed by atoms with van der Waals surface area (Å²) in [5, 5.41) is 3.08. The van der Waals surface area contributed by atoms with Crippen molar-refractivity contribution in [2.24, 2.45) is 0 Å². The lowest BCUT2D eigenvalue weighted by Gasteiger charge is -2.34. The zero-order chi connectivity index (χ0) is 18.5. The molecule has 6 nitrogen and oxygen atoms in total. The molecule has 1 N–H and O–H groups in total. The summed E-state index contributed by atoms with van der Waals surface area (Å²) in [6.07, 6.45) is 6.16. The van der Waals surface area contributed by atoms with E-state index in [0.717, 1.165) is 24.3 Å². The zero-order valence-corrected chi connectivity index (χ0v) is 15.7. The summed E-state index contributed by atoms with van der Waals surface area (Å²) in [4.78, 5) is 28.8. The van der Waals surface area contributed by atoms with Crippen molar-refractivity contribution in [1.29, 1.82) is 0 Å². The summed E-state index contributed by atoms with van der Waals surface area (Å²) in [5.74, 6) is 0.751. The Labute approximate surface area is 155 Å². The zero-order valence-electron chi connectivity index (χ0n) is 15.7. The lowest BCUT2D eigenvalue weighted by molar-refractivity contribution is -0.117. The third-order valence-corrected chi connectivity index (χ3v) is 5.43. The van der Waals surface area contributed by atoms with Gasteiger partial charge >= 0.3 is 6.03 Å². The summed E-state index contributed by atoms with van der Waals surface area (Å²) >= 11 is 0. The first kappa shape index (κ1) is 18.5. The molecule has 1 unspecified atom stereocenters. The van der Waals surface area contributed by atoms with E-state index < -0.39 is 0 Å². The maximum atomic E-state index is 12.7. The Bertz CT molecular complexity index is 643. The van der Waals surface area contributed by atoms with Gasteiger partial charge in [-0.25, -0.2) is 4.79 Å². The number of carbonyl (C=O) groups excluding carboxylic acids is 2. The van der Waals surface area contributed by atoms with E-state index in [1.165, 1.54) is 19.3 Å². The van der Waals surface area contributed by atoms with Crippen molar-refractivity contribution in [3.63, 3.8) is 0 Å². The van der Waals surface area contributed by atoms with Crippen molar-refractivity contribution in [3.8, 4) is 5.75 Å². The first-order chi connectivity index (χ1) is 12.6. The molecule has 1 aromatic carbocycles. The Balaban J connectivity index is 1.61. The molecular weight excluding hydrogens is 330 g/mol. The first-order valence-corrected chi connectivity index (χ1v) is 9.64. The summed E-state index contributed by atoms with van der Waals surface area (Å²) in [6, 6.07) is 7.61. The molecule has 2 aliphatic rings. The quantitative estimate of drug-likeness (QED) is 0.878. The number of benzene rings is 1. The number of hydrogen-bond donors (Lipinski definition) is 1. The van der Waals surface area contributed by atoms with Gasteiger partial charge in [0.15, 0.2) is 0 Å². The van der Waals surface area contributed by atoms with E-state index in [1.54, 1.807) is 12.0 Å². The second kappa shape index (κ2) is 8.43. The van der Waals surface area contributed by atoms with E-state index in [0.29, 0.717) is 25.6 Å². The summed E-state index contributed by atoms with van der Waals surface area (Å²) in [5.41, 5.74) is 0.811. The number of nitrogens with one attached hydrogen (secondary N) is 1. The smallest absolute Gasteiger partial charge is 0.317 e. The minimum Gasteiger partial charge on any atom is -0.497 e. The minimum absolute atomic E-state index is 0.0317. The van der Waals surface area contributed by atoms with Crippen molar-refractivity contribution in [1.82, 2.24) is 10.2 Å². The third kappa shape index (κ3) is 4.11. The molecule has 0 radical (unpaired) electrons. The Hall–Kier alpha value is -2.24. The van der Waals surface area contributed by atoms with Crippen LogP contribution in [0.5, 0.6) is 5.75 Å². The number of carbonyl (C=O) groups is 2. The molecule has 3 rings (SSSR count). The van der Waals surface area contributed by atoms with Crippen LogP contribution in [0.3, 0.4) is 0 Å². The number of rotatable bonds is 5. The largest absolute Gasteiger partial charge is 0.497 e. The van der Waals surface area contributed by atoms with Gasteiger partial charge in [-0.05, 0) is 31.9 Å². The lowest BCUT2D eigenvalue weighted by atomic mass is 9.94. The van der Waals surface area contributed by atoms with Crippen LogP contribution in [-0.4, -0.2) is 49.1 Å². The fraction of sp³-hybridized carbons (Fsp3) is 0.600. The van der Waals surface area contributed by atoms with E-state index in [2.05, 4.69) is 5.32 Å². The maximum absolute atomic E-state index is 12.7. The van der Waals surface area contributed by atoms with Gasteiger partial charge in [-0.1, -0.05) is 25.3 Å². The molecule has 1 saturated heterocycles. The molecule has 1 atom stereocenters. The molecule has 142 valence electrons. The van der Waals surface area contributed by atoms with Crippen molar-refractivity contribution in [2.45, 2.75) is 57.5 Å². The molecule has 1 saturated carbocycles. The predicted molar refractivity (Wildman–Crippen MR) is 102 cm³/mol. The van der Waals surface area contributed by atoms with Gasteiger partial charge in [0.05, 0.1) is 13.2 Å². The molecule has 6 heteroatoms. The molecule has 1 aliphatic heterocycles. The fourth-order valence-corrected chi connectivity index (χ4v) is 4.05. The van der Waals surface area contributed by atoms with Crippen LogP contribution in [0.1, 0.15) is 45.4 Å². The van der Waals surface area contributed by atoms with E-state index in [-0.39, 0.29) is 18.0 Å². The van der Waals surface area contributed by atoms with E-state index in [4.69, 9.17) is 4.74 Å². The highest BCUT2D eigenvalue weighted by atomic mass is 16.5. The third-order valence-electron chi connectivity index (χ3n) is 5.43.